The van der Waals surface area contributed by atoms with Crippen molar-refractivity contribution in [3.63, 3.8) is 0 Å². The summed E-state index contributed by atoms with van der Waals surface area (Å²) < 4.78 is 6.05. The summed E-state index contributed by atoms with van der Waals surface area (Å²) in [6.45, 7) is 4.24. The van der Waals surface area contributed by atoms with Crippen LogP contribution in [0.25, 0.3) is 10.8 Å². The Hall–Kier alpha value is -4.56. The van der Waals surface area contributed by atoms with Gasteiger partial charge in [-0.2, -0.15) is 0 Å². The SMILES string of the molecule is Cc1c2ccc(c1N)N(N)CCCCCOc1ccc3ccc(cc3c1)C(=O)N1CCc3ccc(cc3C1)C2CC(=O)O. The Labute approximate surface area is 251 Å². The molecule has 7 rings (SSSR count). The molecule has 4 aromatic carbocycles. The molecule has 1 unspecified atom stereocenters. The van der Waals surface area contributed by atoms with Crippen molar-refractivity contribution in [2.75, 3.05) is 30.4 Å². The molecule has 1 amide bonds. The van der Waals surface area contributed by atoms with Gasteiger partial charge in [0, 0.05) is 31.1 Å². The predicted molar refractivity (Wildman–Crippen MR) is 169 cm³/mol. The average Bonchev–Trinajstić information content (AvgIpc) is 3.01. The van der Waals surface area contributed by atoms with Crippen LogP contribution in [0.1, 0.15) is 69.8 Å². The summed E-state index contributed by atoms with van der Waals surface area (Å²) >= 11 is 0. The number of hydrazine groups is 1. The first-order valence-electron chi connectivity index (χ1n) is 15.0. The van der Waals surface area contributed by atoms with Crippen LogP contribution in [0.4, 0.5) is 11.4 Å². The number of benzene rings is 4. The van der Waals surface area contributed by atoms with Gasteiger partial charge in [-0.05, 0) is 102 Å². The van der Waals surface area contributed by atoms with E-state index in [4.69, 9.17) is 16.3 Å². The van der Waals surface area contributed by atoms with Crippen LogP contribution in [-0.4, -0.2) is 41.6 Å². The zero-order chi connectivity index (χ0) is 30.1. The van der Waals surface area contributed by atoms with Gasteiger partial charge in [-0.1, -0.05) is 36.4 Å². The number of rotatable bonds is 2. The molecule has 0 radical (unpaired) electrons. The first-order valence-corrected chi connectivity index (χ1v) is 15.0. The standard InChI is InChI=1S/C35H38N4O4/c1-22-30-11-12-32(34(22)36)39(37)14-3-2-4-16-43-29-10-9-23-6-8-26(18-27(23)19-29)35(42)38-15-13-24-5-7-25(17-28(24)21-38)31(30)20-33(40)41/h5-12,17-19,31H,2-4,13-16,20-21,36-37H2,1H3,(H,40,41). The fourth-order valence-electron chi connectivity index (χ4n) is 6.41. The van der Waals surface area contributed by atoms with Crippen molar-refractivity contribution >= 4 is 34.0 Å². The van der Waals surface area contributed by atoms with Crippen LogP contribution in [-0.2, 0) is 17.8 Å². The Morgan fingerprint density at radius 3 is 2.63 bits per heavy atom. The number of ether oxygens (including phenoxy) is 1. The maximum absolute atomic E-state index is 13.7. The van der Waals surface area contributed by atoms with Crippen LogP contribution in [0.15, 0.2) is 66.7 Å². The molecule has 3 aliphatic rings. The van der Waals surface area contributed by atoms with Crippen LogP contribution < -0.4 is 21.3 Å². The molecule has 8 bridgehead atoms. The molecule has 43 heavy (non-hydrogen) atoms. The maximum atomic E-state index is 13.7. The number of carboxylic acid groups (broad SMARTS) is 1. The number of amides is 1. The van der Waals surface area contributed by atoms with Crippen molar-refractivity contribution in [3.8, 4) is 5.75 Å². The number of hydrogen-bond acceptors (Lipinski definition) is 6. The molecule has 0 spiro atoms. The largest absolute Gasteiger partial charge is 0.494 e. The van der Waals surface area contributed by atoms with E-state index in [1.54, 1.807) is 5.01 Å². The smallest absolute Gasteiger partial charge is 0.304 e. The summed E-state index contributed by atoms with van der Waals surface area (Å²) in [6.07, 6.45) is 3.35. The van der Waals surface area contributed by atoms with E-state index < -0.39 is 11.9 Å². The minimum absolute atomic E-state index is 0.0182. The second kappa shape index (κ2) is 12.0. The lowest BCUT2D eigenvalue weighted by Gasteiger charge is -2.30. The molecule has 0 saturated carbocycles. The summed E-state index contributed by atoms with van der Waals surface area (Å²) in [7, 11) is 0. The molecule has 0 aromatic heterocycles. The van der Waals surface area contributed by atoms with Crippen molar-refractivity contribution in [1.29, 1.82) is 0 Å². The van der Waals surface area contributed by atoms with Gasteiger partial charge in [-0.25, -0.2) is 5.84 Å². The minimum Gasteiger partial charge on any atom is -0.494 e. The number of nitrogens with two attached hydrogens (primary N) is 2. The van der Waals surface area contributed by atoms with E-state index in [1.807, 2.05) is 66.4 Å². The minimum atomic E-state index is -0.886. The Morgan fingerprint density at radius 1 is 0.953 bits per heavy atom. The van der Waals surface area contributed by atoms with E-state index in [2.05, 4.69) is 12.1 Å². The number of anilines is 2. The van der Waals surface area contributed by atoms with Crippen molar-refractivity contribution in [2.24, 2.45) is 5.84 Å². The first kappa shape index (κ1) is 28.6. The molecule has 8 nitrogen and oxygen atoms in total. The second-order valence-corrected chi connectivity index (χ2v) is 11.7. The van der Waals surface area contributed by atoms with E-state index in [0.29, 0.717) is 37.5 Å². The van der Waals surface area contributed by atoms with Gasteiger partial charge < -0.3 is 25.5 Å². The fraction of sp³-hybridized carbons (Fsp3) is 0.314. The van der Waals surface area contributed by atoms with Crippen molar-refractivity contribution in [3.05, 3.63) is 100 Å². The average molecular weight is 579 g/mol. The van der Waals surface area contributed by atoms with E-state index in [9.17, 15) is 14.7 Å². The van der Waals surface area contributed by atoms with E-state index >= 15 is 0 Å². The number of fused-ring (bicyclic) bond motifs is 8. The predicted octanol–water partition coefficient (Wildman–Crippen LogP) is 5.78. The zero-order valence-electron chi connectivity index (χ0n) is 24.5. The van der Waals surface area contributed by atoms with Gasteiger partial charge in [0.2, 0.25) is 0 Å². The third-order valence-electron chi connectivity index (χ3n) is 8.90. The van der Waals surface area contributed by atoms with Crippen LogP contribution >= 0.6 is 0 Å². The van der Waals surface area contributed by atoms with Gasteiger partial charge in [-0.15, -0.1) is 0 Å². The van der Waals surface area contributed by atoms with Crippen LogP contribution in [0.5, 0.6) is 5.75 Å². The molecule has 0 fully saturated rings. The lowest BCUT2D eigenvalue weighted by molar-refractivity contribution is -0.137. The summed E-state index contributed by atoms with van der Waals surface area (Å²) in [6, 6.07) is 21.8. The normalized spacial score (nSPS) is 17.5. The lowest BCUT2D eigenvalue weighted by Crippen LogP contribution is -2.36. The van der Waals surface area contributed by atoms with Gasteiger partial charge in [0.15, 0.2) is 0 Å². The fourth-order valence-corrected chi connectivity index (χ4v) is 6.41. The third-order valence-corrected chi connectivity index (χ3v) is 8.90. The number of carboxylic acids is 1. The monoisotopic (exact) mass is 578 g/mol. The second-order valence-electron chi connectivity index (χ2n) is 11.7. The maximum Gasteiger partial charge on any atom is 0.304 e. The van der Waals surface area contributed by atoms with Gasteiger partial charge in [0.1, 0.15) is 5.75 Å². The Bertz CT molecular complexity index is 1700. The molecule has 0 aliphatic carbocycles. The number of carbonyl (C=O) groups excluding carboxylic acids is 1. The van der Waals surface area contributed by atoms with Crippen LogP contribution in [0.2, 0.25) is 0 Å². The molecule has 3 heterocycles. The van der Waals surface area contributed by atoms with E-state index in [1.165, 1.54) is 5.56 Å². The molecular weight excluding hydrogens is 540 g/mol. The first-order chi connectivity index (χ1) is 20.8. The summed E-state index contributed by atoms with van der Waals surface area (Å²) in [5.41, 5.74) is 13.4. The number of nitrogen functional groups attached to an aromatic ring is 1. The molecule has 3 aliphatic heterocycles. The van der Waals surface area contributed by atoms with E-state index in [-0.39, 0.29) is 12.3 Å². The third kappa shape index (κ3) is 5.88. The van der Waals surface area contributed by atoms with Crippen molar-refractivity contribution in [1.82, 2.24) is 4.90 Å². The molecule has 5 N–H and O–H groups in total. The topological polar surface area (TPSA) is 122 Å². The van der Waals surface area contributed by atoms with Crippen LogP contribution in [0, 0.1) is 6.92 Å². The molecule has 4 aromatic rings. The highest BCUT2D eigenvalue weighted by molar-refractivity contribution is 5.99. The lowest BCUT2D eigenvalue weighted by atomic mass is 9.83. The molecule has 0 saturated heterocycles. The van der Waals surface area contributed by atoms with Crippen molar-refractivity contribution in [2.45, 2.75) is 51.5 Å². The number of carbonyl (C=O) groups is 2. The Balaban J connectivity index is 1.40. The highest BCUT2D eigenvalue weighted by Gasteiger charge is 2.26. The molecular formula is C35H38N4O4. The van der Waals surface area contributed by atoms with Gasteiger partial charge >= 0.3 is 5.97 Å². The molecule has 1 atom stereocenters. The summed E-state index contributed by atoms with van der Waals surface area (Å²) in [5.74, 6) is 5.93. The quantitative estimate of drug-likeness (QED) is 0.204. The highest BCUT2D eigenvalue weighted by Crippen LogP contribution is 2.38. The van der Waals surface area contributed by atoms with Gasteiger partial charge in [-0.3, -0.25) is 9.59 Å². The van der Waals surface area contributed by atoms with Crippen LogP contribution in [0.3, 0.4) is 0 Å². The van der Waals surface area contributed by atoms with Gasteiger partial charge in [0.25, 0.3) is 5.91 Å². The summed E-state index contributed by atoms with van der Waals surface area (Å²) in [4.78, 5) is 27.6. The Morgan fingerprint density at radius 2 is 1.79 bits per heavy atom. The number of aliphatic carboxylic acids is 1. The highest BCUT2D eigenvalue weighted by atomic mass is 16.5. The number of hydrogen-bond donors (Lipinski definition) is 3. The molecule has 8 heteroatoms. The molecule has 222 valence electrons. The van der Waals surface area contributed by atoms with Gasteiger partial charge in [0.05, 0.1) is 24.4 Å². The Kier molecular flexibility index (Phi) is 7.95. The van der Waals surface area contributed by atoms with Crippen molar-refractivity contribution < 1.29 is 19.4 Å². The summed E-state index contributed by atoms with van der Waals surface area (Å²) in [5, 5.41) is 13.6. The number of nitrogens with zero attached hydrogens (tertiary/aromatic N) is 2. The zero-order valence-corrected chi connectivity index (χ0v) is 24.5. The van der Waals surface area contributed by atoms with E-state index in [0.717, 1.165) is 70.1 Å².